The van der Waals surface area contributed by atoms with Crippen molar-refractivity contribution in [3.63, 3.8) is 0 Å². The number of hydrogen-bond acceptors (Lipinski definition) is 4. The molecule has 1 aliphatic carbocycles. The van der Waals surface area contributed by atoms with Crippen LogP contribution >= 0.6 is 24.0 Å². The first-order chi connectivity index (χ1) is 10.3. The standard InChI is InChI=1S/C14H25N7.HI/c1-11-7-20(12-3-4-12)8-13(11)19-14(15-2)17-5-6-21-10-16-9-18-21;/h9-13H,3-8H2,1-2H3,(H2,15,17,19);1H. The van der Waals surface area contributed by atoms with E-state index in [9.17, 15) is 0 Å². The van der Waals surface area contributed by atoms with Gasteiger partial charge in [0, 0.05) is 38.8 Å². The van der Waals surface area contributed by atoms with Crippen LogP contribution in [0.5, 0.6) is 0 Å². The Bertz CT molecular complexity index is 472. The minimum Gasteiger partial charge on any atom is -0.355 e. The van der Waals surface area contributed by atoms with Crippen LogP contribution in [0.1, 0.15) is 19.8 Å². The van der Waals surface area contributed by atoms with Crippen LogP contribution in [0, 0.1) is 5.92 Å². The van der Waals surface area contributed by atoms with Crippen LogP contribution in [0.4, 0.5) is 0 Å². The lowest BCUT2D eigenvalue weighted by atomic mass is 10.1. The lowest BCUT2D eigenvalue weighted by Crippen LogP contribution is -2.47. The first-order valence-electron chi connectivity index (χ1n) is 7.80. The smallest absolute Gasteiger partial charge is 0.191 e. The largest absolute Gasteiger partial charge is 0.355 e. The molecule has 0 bridgehead atoms. The second-order valence-corrected chi connectivity index (χ2v) is 6.07. The number of guanidine groups is 1. The number of nitrogens with zero attached hydrogens (tertiary/aromatic N) is 5. The van der Waals surface area contributed by atoms with Crippen molar-refractivity contribution >= 4 is 29.9 Å². The lowest BCUT2D eigenvalue weighted by molar-refractivity contribution is 0.315. The highest BCUT2D eigenvalue weighted by atomic mass is 127. The van der Waals surface area contributed by atoms with E-state index in [1.165, 1.54) is 19.4 Å². The first-order valence-corrected chi connectivity index (χ1v) is 7.80. The van der Waals surface area contributed by atoms with Gasteiger partial charge in [-0.15, -0.1) is 24.0 Å². The molecule has 22 heavy (non-hydrogen) atoms. The lowest BCUT2D eigenvalue weighted by Gasteiger charge is -2.20. The van der Waals surface area contributed by atoms with Gasteiger partial charge in [-0.3, -0.25) is 14.6 Å². The van der Waals surface area contributed by atoms with Crippen LogP contribution in [-0.2, 0) is 6.54 Å². The molecule has 0 aromatic carbocycles. The maximum absolute atomic E-state index is 4.32. The van der Waals surface area contributed by atoms with Gasteiger partial charge in [0.1, 0.15) is 12.7 Å². The predicted molar refractivity (Wildman–Crippen MR) is 97.5 cm³/mol. The molecule has 1 aromatic rings. The van der Waals surface area contributed by atoms with E-state index in [0.717, 1.165) is 31.6 Å². The van der Waals surface area contributed by atoms with Crippen molar-refractivity contribution in [3.05, 3.63) is 12.7 Å². The number of likely N-dealkylation sites (tertiary alicyclic amines) is 1. The summed E-state index contributed by atoms with van der Waals surface area (Å²) in [6, 6.07) is 1.34. The molecule has 1 saturated carbocycles. The SMILES string of the molecule is CN=C(NCCn1cncn1)NC1CN(C2CC2)CC1C.I. The van der Waals surface area contributed by atoms with E-state index in [1.807, 2.05) is 11.7 Å². The second-order valence-electron chi connectivity index (χ2n) is 6.07. The van der Waals surface area contributed by atoms with Gasteiger partial charge in [0.2, 0.25) is 0 Å². The highest BCUT2D eigenvalue weighted by Crippen LogP contribution is 2.31. The molecule has 0 amide bonds. The van der Waals surface area contributed by atoms with Gasteiger partial charge in [0.15, 0.2) is 5.96 Å². The third-order valence-electron chi connectivity index (χ3n) is 4.35. The third kappa shape index (κ3) is 4.55. The van der Waals surface area contributed by atoms with Crippen molar-refractivity contribution in [2.45, 2.75) is 38.4 Å². The summed E-state index contributed by atoms with van der Waals surface area (Å²) in [6.07, 6.45) is 6.04. The normalized spacial score (nSPS) is 25.8. The molecule has 3 rings (SSSR count). The van der Waals surface area contributed by atoms with Crippen LogP contribution in [0.2, 0.25) is 0 Å². The Balaban J connectivity index is 0.00000176. The Morgan fingerprint density at radius 2 is 2.18 bits per heavy atom. The molecule has 2 heterocycles. The molecule has 1 aliphatic heterocycles. The molecule has 2 unspecified atom stereocenters. The monoisotopic (exact) mass is 419 g/mol. The summed E-state index contributed by atoms with van der Waals surface area (Å²) < 4.78 is 1.81. The fourth-order valence-corrected chi connectivity index (χ4v) is 2.94. The first kappa shape index (κ1) is 17.5. The maximum atomic E-state index is 4.32. The Morgan fingerprint density at radius 1 is 1.36 bits per heavy atom. The highest BCUT2D eigenvalue weighted by molar-refractivity contribution is 14.0. The van der Waals surface area contributed by atoms with E-state index in [1.54, 1.807) is 12.7 Å². The predicted octanol–water partition coefficient (Wildman–Crippen LogP) is 0.544. The molecule has 1 aromatic heterocycles. The molecule has 124 valence electrons. The Labute approximate surface area is 149 Å². The van der Waals surface area contributed by atoms with Gasteiger partial charge in [0.25, 0.3) is 0 Å². The van der Waals surface area contributed by atoms with E-state index >= 15 is 0 Å². The third-order valence-corrected chi connectivity index (χ3v) is 4.35. The van der Waals surface area contributed by atoms with Gasteiger partial charge in [-0.25, -0.2) is 4.98 Å². The Kier molecular flexibility index (Phi) is 6.42. The number of halogens is 1. The zero-order valence-electron chi connectivity index (χ0n) is 13.3. The average molecular weight is 419 g/mol. The maximum Gasteiger partial charge on any atom is 0.191 e. The highest BCUT2D eigenvalue weighted by Gasteiger charge is 2.38. The number of aromatic nitrogens is 3. The topological polar surface area (TPSA) is 70.4 Å². The van der Waals surface area contributed by atoms with E-state index < -0.39 is 0 Å². The molecule has 8 heteroatoms. The van der Waals surface area contributed by atoms with Crippen molar-refractivity contribution in [1.29, 1.82) is 0 Å². The van der Waals surface area contributed by atoms with E-state index in [0.29, 0.717) is 12.0 Å². The van der Waals surface area contributed by atoms with Crippen molar-refractivity contribution in [3.8, 4) is 0 Å². The van der Waals surface area contributed by atoms with E-state index in [2.05, 4.69) is 37.5 Å². The van der Waals surface area contributed by atoms with Crippen molar-refractivity contribution in [1.82, 2.24) is 30.3 Å². The molecule has 2 atom stereocenters. The van der Waals surface area contributed by atoms with Gasteiger partial charge in [-0.05, 0) is 18.8 Å². The minimum atomic E-state index is 0. The zero-order valence-corrected chi connectivity index (χ0v) is 15.6. The quantitative estimate of drug-likeness (QED) is 0.415. The number of nitrogens with one attached hydrogen (secondary N) is 2. The van der Waals surface area contributed by atoms with Gasteiger partial charge in [-0.2, -0.15) is 5.10 Å². The summed E-state index contributed by atoms with van der Waals surface area (Å²) in [5.41, 5.74) is 0. The van der Waals surface area contributed by atoms with Crippen LogP contribution < -0.4 is 10.6 Å². The van der Waals surface area contributed by atoms with Gasteiger partial charge in [-0.1, -0.05) is 6.92 Å². The van der Waals surface area contributed by atoms with E-state index in [4.69, 9.17) is 0 Å². The minimum absolute atomic E-state index is 0. The van der Waals surface area contributed by atoms with Crippen LogP contribution in [0.15, 0.2) is 17.6 Å². The zero-order chi connectivity index (χ0) is 14.7. The Morgan fingerprint density at radius 3 is 2.82 bits per heavy atom. The molecule has 2 aliphatic rings. The number of rotatable bonds is 5. The summed E-state index contributed by atoms with van der Waals surface area (Å²) in [5.74, 6) is 1.55. The molecule has 1 saturated heterocycles. The Hall–Kier alpha value is -0.900. The van der Waals surface area contributed by atoms with Crippen molar-refractivity contribution < 1.29 is 0 Å². The molecule has 0 radical (unpaired) electrons. The fourth-order valence-electron chi connectivity index (χ4n) is 2.94. The molecular weight excluding hydrogens is 393 g/mol. The molecule has 2 N–H and O–H groups in total. The molecule has 0 spiro atoms. The number of hydrogen-bond donors (Lipinski definition) is 2. The van der Waals surface area contributed by atoms with Crippen LogP contribution in [0.25, 0.3) is 0 Å². The molecular formula is C14H26IN7. The second kappa shape index (κ2) is 8.09. The number of aliphatic imine (C=N–C) groups is 1. The van der Waals surface area contributed by atoms with Gasteiger partial charge < -0.3 is 10.6 Å². The molecule has 2 fully saturated rings. The summed E-state index contributed by atoms with van der Waals surface area (Å²) in [7, 11) is 1.82. The summed E-state index contributed by atoms with van der Waals surface area (Å²) in [5, 5.41) is 11.0. The fraction of sp³-hybridized carbons (Fsp3) is 0.786. The van der Waals surface area contributed by atoms with Crippen LogP contribution in [0.3, 0.4) is 0 Å². The summed E-state index contributed by atoms with van der Waals surface area (Å²) >= 11 is 0. The summed E-state index contributed by atoms with van der Waals surface area (Å²) in [4.78, 5) is 10.9. The average Bonchev–Trinajstić information content (AvgIpc) is 3.09. The van der Waals surface area contributed by atoms with Gasteiger partial charge in [0.05, 0.1) is 6.54 Å². The molecule has 7 nitrogen and oxygen atoms in total. The van der Waals surface area contributed by atoms with Crippen LogP contribution in [-0.4, -0.2) is 64.4 Å². The van der Waals surface area contributed by atoms with Crippen molar-refractivity contribution in [2.24, 2.45) is 10.9 Å². The van der Waals surface area contributed by atoms with E-state index in [-0.39, 0.29) is 24.0 Å². The van der Waals surface area contributed by atoms with Crippen molar-refractivity contribution in [2.75, 3.05) is 26.7 Å². The summed E-state index contributed by atoms with van der Waals surface area (Å²) in [6.45, 7) is 6.24. The van der Waals surface area contributed by atoms with Gasteiger partial charge >= 0.3 is 0 Å².